The van der Waals surface area contributed by atoms with Gasteiger partial charge in [-0.15, -0.1) is 0 Å². The number of benzene rings is 3. The second-order valence-corrected chi connectivity index (χ2v) is 7.63. The first-order chi connectivity index (χ1) is 15.0. The first kappa shape index (κ1) is 20.4. The van der Waals surface area contributed by atoms with Crippen LogP contribution in [0, 0.1) is 0 Å². The molecule has 0 fully saturated rings. The lowest BCUT2D eigenvalue weighted by Gasteiger charge is -2.10. The molecule has 0 spiro atoms. The molecule has 5 heteroatoms. The van der Waals surface area contributed by atoms with Crippen molar-refractivity contribution in [1.82, 2.24) is 0 Å². The summed E-state index contributed by atoms with van der Waals surface area (Å²) in [6.45, 7) is 4.14. The minimum Gasteiger partial charge on any atom is -0.484 e. The molecule has 0 radical (unpaired) electrons. The Hall–Kier alpha value is -3.86. The molecule has 0 bridgehead atoms. The van der Waals surface area contributed by atoms with Crippen LogP contribution in [0.2, 0.25) is 0 Å². The number of hydrogen-bond donors (Lipinski definition) is 1. The number of rotatable bonds is 6. The van der Waals surface area contributed by atoms with Gasteiger partial charge in [0.2, 0.25) is 0 Å². The Balaban J connectivity index is 1.45. The van der Waals surface area contributed by atoms with Crippen molar-refractivity contribution < 1.29 is 13.9 Å². The highest BCUT2D eigenvalue weighted by molar-refractivity contribution is 5.92. The first-order valence-corrected chi connectivity index (χ1v) is 10.2. The topological polar surface area (TPSA) is 68.5 Å². The Bertz CT molecular complexity index is 1270. The Morgan fingerprint density at radius 3 is 2.52 bits per heavy atom. The molecule has 0 saturated carbocycles. The van der Waals surface area contributed by atoms with Crippen LogP contribution in [-0.2, 0) is 4.79 Å². The highest BCUT2D eigenvalue weighted by atomic mass is 16.5. The highest BCUT2D eigenvalue weighted by Gasteiger charge is 2.10. The molecule has 4 aromatic rings. The van der Waals surface area contributed by atoms with E-state index >= 15 is 0 Å². The zero-order chi connectivity index (χ0) is 21.8. The predicted octanol–water partition coefficient (Wildman–Crippen LogP) is 5.60. The van der Waals surface area contributed by atoms with E-state index in [0.717, 1.165) is 5.39 Å². The van der Waals surface area contributed by atoms with Crippen LogP contribution in [0.3, 0.4) is 0 Å². The monoisotopic (exact) mass is 413 g/mol. The van der Waals surface area contributed by atoms with Crippen molar-refractivity contribution in [3.8, 4) is 16.9 Å². The van der Waals surface area contributed by atoms with Gasteiger partial charge in [0.05, 0.1) is 5.56 Å². The summed E-state index contributed by atoms with van der Waals surface area (Å²) in [5, 5.41) is 3.65. The standard InChI is InChI=1S/C26H23NO4/c1-17(2)18-10-12-22(13-11-18)30-16-25(28)27-21-8-5-7-19(14-21)23-15-20-6-3-4-9-24(20)31-26(23)29/h3-15,17H,16H2,1-2H3,(H,27,28). The van der Waals surface area contributed by atoms with Crippen LogP contribution in [-0.4, -0.2) is 12.5 Å². The number of amides is 1. The van der Waals surface area contributed by atoms with Gasteiger partial charge in [0, 0.05) is 11.1 Å². The Morgan fingerprint density at radius 1 is 0.968 bits per heavy atom. The largest absolute Gasteiger partial charge is 0.484 e. The normalized spacial score (nSPS) is 10.9. The molecule has 0 aliphatic rings. The molecule has 4 rings (SSSR count). The molecule has 1 amide bonds. The van der Waals surface area contributed by atoms with Crippen molar-refractivity contribution in [3.05, 3.63) is 94.8 Å². The molecule has 0 saturated heterocycles. The number of fused-ring (bicyclic) bond motifs is 1. The van der Waals surface area contributed by atoms with Gasteiger partial charge in [-0.25, -0.2) is 4.79 Å². The summed E-state index contributed by atoms with van der Waals surface area (Å²) in [5.74, 6) is 0.798. The lowest BCUT2D eigenvalue weighted by Crippen LogP contribution is -2.20. The summed E-state index contributed by atoms with van der Waals surface area (Å²) < 4.78 is 11.0. The SMILES string of the molecule is CC(C)c1ccc(OCC(=O)Nc2cccc(-c3cc4ccccc4oc3=O)c2)cc1. The lowest BCUT2D eigenvalue weighted by molar-refractivity contribution is -0.118. The van der Waals surface area contributed by atoms with E-state index in [1.807, 2.05) is 48.5 Å². The second kappa shape index (κ2) is 8.88. The van der Waals surface area contributed by atoms with Gasteiger partial charge in [0.25, 0.3) is 5.91 Å². The zero-order valence-electron chi connectivity index (χ0n) is 17.4. The first-order valence-electron chi connectivity index (χ1n) is 10.2. The van der Waals surface area contributed by atoms with E-state index in [-0.39, 0.29) is 12.5 Å². The van der Waals surface area contributed by atoms with E-state index in [1.54, 1.807) is 30.3 Å². The molecule has 0 unspecified atom stereocenters. The summed E-state index contributed by atoms with van der Waals surface area (Å²) in [7, 11) is 0. The summed E-state index contributed by atoms with van der Waals surface area (Å²) in [4.78, 5) is 24.8. The van der Waals surface area contributed by atoms with Crippen LogP contribution in [0.25, 0.3) is 22.1 Å². The van der Waals surface area contributed by atoms with Gasteiger partial charge in [-0.1, -0.05) is 56.3 Å². The van der Waals surface area contributed by atoms with E-state index in [1.165, 1.54) is 5.56 Å². The summed E-state index contributed by atoms with van der Waals surface area (Å²) in [5.41, 5.74) is 3.02. The number of nitrogens with one attached hydrogen (secondary N) is 1. The van der Waals surface area contributed by atoms with E-state index in [2.05, 4.69) is 19.2 Å². The summed E-state index contributed by atoms with van der Waals surface area (Å²) in [6.07, 6.45) is 0. The number of ether oxygens (including phenoxy) is 1. The predicted molar refractivity (Wildman–Crippen MR) is 123 cm³/mol. The quantitative estimate of drug-likeness (QED) is 0.418. The number of carbonyl (C=O) groups excluding carboxylic acids is 1. The fourth-order valence-electron chi connectivity index (χ4n) is 3.32. The molecule has 31 heavy (non-hydrogen) atoms. The van der Waals surface area contributed by atoms with E-state index < -0.39 is 5.63 Å². The van der Waals surface area contributed by atoms with Crippen LogP contribution >= 0.6 is 0 Å². The van der Waals surface area contributed by atoms with Crippen LogP contribution in [0.5, 0.6) is 5.75 Å². The third-order valence-corrected chi connectivity index (χ3v) is 5.02. The molecule has 1 aromatic heterocycles. The fraction of sp³-hybridized carbons (Fsp3) is 0.154. The molecular weight excluding hydrogens is 390 g/mol. The highest BCUT2D eigenvalue weighted by Crippen LogP contribution is 2.24. The van der Waals surface area contributed by atoms with Crippen LogP contribution in [0.1, 0.15) is 25.3 Å². The molecular formula is C26H23NO4. The van der Waals surface area contributed by atoms with Crippen molar-refractivity contribution in [3.63, 3.8) is 0 Å². The van der Waals surface area contributed by atoms with E-state index in [0.29, 0.717) is 34.1 Å². The minimum atomic E-state index is -0.421. The Kier molecular flexibility index (Phi) is 5.85. The molecule has 0 aliphatic carbocycles. The van der Waals surface area contributed by atoms with E-state index in [4.69, 9.17) is 9.15 Å². The summed E-state index contributed by atoms with van der Waals surface area (Å²) in [6, 6.07) is 24.0. The molecule has 0 atom stereocenters. The van der Waals surface area contributed by atoms with Crippen LogP contribution in [0.4, 0.5) is 5.69 Å². The van der Waals surface area contributed by atoms with Gasteiger partial charge >= 0.3 is 5.63 Å². The van der Waals surface area contributed by atoms with Crippen molar-refractivity contribution in [2.75, 3.05) is 11.9 Å². The number of hydrogen-bond acceptors (Lipinski definition) is 4. The minimum absolute atomic E-state index is 0.108. The number of para-hydroxylation sites is 1. The second-order valence-electron chi connectivity index (χ2n) is 7.63. The smallest absolute Gasteiger partial charge is 0.344 e. The molecule has 1 heterocycles. The molecule has 1 N–H and O–H groups in total. The van der Waals surface area contributed by atoms with Crippen molar-refractivity contribution in [1.29, 1.82) is 0 Å². The fourth-order valence-corrected chi connectivity index (χ4v) is 3.32. The van der Waals surface area contributed by atoms with Gasteiger partial charge < -0.3 is 14.5 Å². The van der Waals surface area contributed by atoms with Gasteiger partial charge in [-0.3, -0.25) is 4.79 Å². The van der Waals surface area contributed by atoms with Crippen molar-refractivity contribution >= 4 is 22.6 Å². The summed E-state index contributed by atoms with van der Waals surface area (Å²) >= 11 is 0. The zero-order valence-corrected chi connectivity index (χ0v) is 17.4. The van der Waals surface area contributed by atoms with E-state index in [9.17, 15) is 9.59 Å². The van der Waals surface area contributed by atoms with Gasteiger partial charge in [-0.2, -0.15) is 0 Å². The third-order valence-electron chi connectivity index (χ3n) is 5.02. The average Bonchev–Trinajstić information content (AvgIpc) is 2.77. The maximum absolute atomic E-state index is 12.4. The maximum atomic E-state index is 12.4. The average molecular weight is 413 g/mol. The maximum Gasteiger partial charge on any atom is 0.344 e. The van der Waals surface area contributed by atoms with Gasteiger partial charge in [0.15, 0.2) is 6.61 Å². The van der Waals surface area contributed by atoms with Crippen LogP contribution in [0.15, 0.2) is 88.1 Å². The molecule has 156 valence electrons. The Labute approximate surface area is 180 Å². The van der Waals surface area contributed by atoms with Crippen LogP contribution < -0.4 is 15.7 Å². The molecule has 3 aromatic carbocycles. The van der Waals surface area contributed by atoms with Gasteiger partial charge in [-0.05, 0) is 53.4 Å². The van der Waals surface area contributed by atoms with Crippen molar-refractivity contribution in [2.24, 2.45) is 0 Å². The van der Waals surface area contributed by atoms with Crippen molar-refractivity contribution in [2.45, 2.75) is 19.8 Å². The lowest BCUT2D eigenvalue weighted by atomic mass is 10.0. The molecule has 5 nitrogen and oxygen atoms in total. The third kappa shape index (κ3) is 4.83. The number of carbonyl (C=O) groups is 1. The van der Waals surface area contributed by atoms with Gasteiger partial charge in [0.1, 0.15) is 11.3 Å². The molecule has 0 aliphatic heterocycles. The Morgan fingerprint density at radius 2 is 1.74 bits per heavy atom. The number of anilines is 1.